The molecule has 0 unspecified atom stereocenters. The molecule has 4 heteroatoms. The average Bonchev–Trinajstić information content (AvgIpc) is 2.29. The average molecular weight is 262 g/mol. The van der Waals surface area contributed by atoms with E-state index in [0.29, 0.717) is 19.6 Å². The fraction of sp³-hybridized carbons (Fsp3) is 0.533. The molecule has 1 amide bonds. The van der Waals surface area contributed by atoms with Gasteiger partial charge in [-0.05, 0) is 25.0 Å². The number of nitrogens with one attached hydrogen (secondary N) is 1. The minimum absolute atomic E-state index is 0.0327. The Kier molecular flexibility index (Phi) is 3.92. The quantitative estimate of drug-likeness (QED) is 0.867. The fourth-order valence-electron chi connectivity index (χ4n) is 2.25. The number of benzene rings is 1. The molecule has 0 bridgehead atoms. The smallest absolute Gasteiger partial charge is 0.238 e. The van der Waals surface area contributed by atoms with E-state index in [1.807, 2.05) is 49.9 Å². The lowest BCUT2D eigenvalue weighted by molar-refractivity contribution is -0.139. The van der Waals surface area contributed by atoms with Crippen LogP contribution >= 0.6 is 0 Å². The third-order valence-corrected chi connectivity index (χ3v) is 3.77. The second-order valence-corrected chi connectivity index (χ2v) is 5.82. The van der Waals surface area contributed by atoms with Crippen molar-refractivity contribution in [3.05, 3.63) is 29.8 Å². The Morgan fingerprint density at radius 1 is 1.37 bits per heavy atom. The number of anilines is 1. The number of hydrogen-bond donors (Lipinski definition) is 2. The van der Waals surface area contributed by atoms with Crippen molar-refractivity contribution in [2.75, 3.05) is 25.0 Å². The van der Waals surface area contributed by atoms with Gasteiger partial charge in [-0.3, -0.25) is 9.69 Å². The Hall–Kier alpha value is -1.39. The number of carbonyl (C=O) groups excluding carboxylic acids is 1. The molecule has 0 aliphatic carbocycles. The normalized spacial score (nSPS) is 18.2. The van der Waals surface area contributed by atoms with E-state index in [-0.39, 0.29) is 11.8 Å². The lowest BCUT2D eigenvalue weighted by atomic mass is 9.83. The number of hydrogen-bond acceptors (Lipinski definition) is 3. The third-order valence-electron chi connectivity index (χ3n) is 3.77. The highest BCUT2D eigenvalue weighted by molar-refractivity contribution is 5.92. The number of likely N-dealkylation sites (tertiary alicyclic amines) is 1. The molecule has 4 nitrogen and oxygen atoms in total. The fourth-order valence-corrected chi connectivity index (χ4v) is 2.25. The van der Waals surface area contributed by atoms with Gasteiger partial charge < -0.3 is 10.4 Å². The van der Waals surface area contributed by atoms with Crippen molar-refractivity contribution in [2.24, 2.45) is 5.92 Å². The first-order valence-electron chi connectivity index (χ1n) is 6.70. The van der Waals surface area contributed by atoms with Crippen LogP contribution in [-0.2, 0) is 4.79 Å². The van der Waals surface area contributed by atoms with Gasteiger partial charge in [0.05, 0.1) is 12.1 Å². The van der Waals surface area contributed by atoms with Crippen molar-refractivity contribution < 1.29 is 9.90 Å². The Morgan fingerprint density at radius 2 is 1.95 bits per heavy atom. The number of rotatable bonds is 4. The number of aliphatic hydroxyl groups is 1. The Bertz CT molecular complexity index is 448. The SMILES string of the molecule is Cc1ccc(NC(=O)CN2CC(O)(C(C)C)C2)cc1. The van der Waals surface area contributed by atoms with E-state index in [2.05, 4.69) is 5.32 Å². The lowest BCUT2D eigenvalue weighted by Crippen LogP contribution is -2.65. The summed E-state index contributed by atoms with van der Waals surface area (Å²) >= 11 is 0. The molecule has 1 heterocycles. The predicted octanol–water partition coefficient (Wildman–Crippen LogP) is 1.64. The largest absolute Gasteiger partial charge is 0.387 e. The van der Waals surface area contributed by atoms with Gasteiger partial charge in [-0.2, -0.15) is 0 Å². The molecule has 0 spiro atoms. The second kappa shape index (κ2) is 5.31. The molecule has 1 aromatic rings. The molecule has 1 aromatic carbocycles. The van der Waals surface area contributed by atoms with Gasteiger partial charge in [-0.1, -0.05) is 31.5 Å². The molecule has 1 aliphatic heterocycles. The van der Waals surface area contributed by atoms with Crippen LogP contribution in [0.5, 0.6) is 0 Å². The first-order chi connectivity index (χ1) is 8.89. The summed E-state index contributed by atoms with van der Waals surface area (Å²) in [6.45, 7) is 7.51. The summed E-state index contributed by atoms with van der Waals surface area (Å²) in [4.78, 5) is 13.8. The number of nitrogens with zero attached hydrogens (tertiary/aromatic N) is 1. The maximum atomic E-state index is 11.8. The van der Waals surface area contributed by atoms with Gasteiger partial charge in [0, 0.05) is 18.8 Å². The van der Waals surface area contributed by atoms with Crippen molar-refractivity contribution in [1.82, 2.24) is 4.90 Å². The number of β-amino-alcohol motifs (C(OH)–C–C–N with tert-alkyl or cyclic N) is 1. The predicted molar refractivity (Wildman–Crippen MR) is 76.0 cm³/mol. The number of aryl methyl sites for hydroxylation is 1. The summed E-state index contributed by atoms with van der Waals surface area (Å²) in [5, 5.41) is 13.0. The zero-order valence-corrected chi connectivity index (χ0v) is 11.8. The molecule has 1 saturated heterocycles. The van der Waals surface area contributed by atoms with Gasteiger partial charge in [0.1, 0.15) is 0 Å². The van der Waals surface area contributed by atoms with Crippen LogP contribution in [0.1, 0.15) is 19.4 Å². The van der Waals surface area contributed by atoms with E-state index in [4.69, 9.17) is 0 Å². The van der Waals surface area contributed by atoms with E-state index >= 15 is 0 Å². The van der Waals surface area contributed by atoms with Crippen molar-refractivity contribution in [1.29, 1.82) is 0 Å². The summed E-state index contributed by atoms with van der Waals surface area (Å²) in [5.74, 6) is 0.193. The molecule has 2 rings (SSSR count). The van der Waals surface area contributed by atoms with Crippen LogP contribution < -0.4 is 5.32 Å². The van der Waals surface area contributed by atoms with Gasteiger partial charge in [0.15, 0.2) is 0 Å². The summed E-state index contributed by atoms with van der Waals surface area (Å²) < 4.78 is 0. The van der Waals surface area contributed by atoms with E-state index in [9.17, 15) is 9.90 Å². The zero-order chi connectivity index (χ0) is 14.0. The Labute approximate surface area is 114 Å². The molecular formula is C15H22N2O2. The lowest BCUT2D eigenvalue weighted by Gasteiger charge is -2.48. The highest BCUT2D eigenvalue weighted by atomic mass is 16.3. The van der Waals surface area contributed by atoms with Gasteiger partial charge in [-0.15, -0.1) is 0 Å². The van der Waals surface area contributed by atoms with Gasteiger partial charge in [-0.25, -0.2) is 0 Å². The van der Waals surface area contributed by atoms with Crippen molar-refractivity contribution in [2.45, 2.75) is 26.4 Å². The van der Waals surface area contributed by atoms with Crippen LogP contribution in [0.25, 0.3) is 0 Å². The van der Waals surface area contributed by atoms with Crippen LogP contribution in [0.4, 0.5) is 5.69 Å². The van der Waals surface area contributed by atoms with E-state index in [0.717, 1.165) is 5.69 Å². The Balaban J connectivity index is 1.79. The first-order valence-corrected chi connectivity index (χ1v) is 6.70. The molecule has 19 heavy (non-hydrogen) atoms. The van der Waals surface area contributed by atoms with E-state index in [1.165, 1.54) is 5.56 Å². The molecule has 0 aromatic heterocycles. The molecule has 1 aliphatic rings. The van der Waals surface area contributed by atoms with Gasteiger partial charge >= 0.3 is 0 Å². The van der Waals surface area contributed by atoms with Crippen LogP contribution in [0.15, 0.2) is 24.3 Å². The maximum absolute atomic E-state index is 11.8. The van der Waals surface area contributed by atoms with E-state index < -0.39 is 5.60 Å². The molecular weight excluding hydrogens is 240 g/mol. The molecule has 104 valence electrons. The van der Waals surface area contributed by atoms with Crippen LogP contribution in [-0.4, -0.2) is 41.1 Å². The third kappa shape index (κ3) is 3.33. The molecule has 0 radical (unpaired) electrons. The topological polar surface area (TPSA) is 52.6 Å². The summed E-state index contributed by atoms with van der Waals surface area (Å²) in [7, 11) is 0. The molecule has 1 fully saturated rings. The Morgan fingerprint density at radius 3 is 2.47 bits per heavy atom. The molecule has 0 saturated carbocycles. The van der Waals surface area contributed by atoms with Crippen molar-refractivity contribution in [3.8, 4) is 0 Å². The van der Waals surface area contributed by atoms with Crippen LogP contribution in [0.2, 0.25) is 0 Å². The second-order valence-electron chi connectivity index (χ2n) is 5.82. The minimum Gasteiger partial charge on any atom is -0.387 e. The van der Waals surface area contributed by atoms with Crippen LogP contribution in [0, 0.1) is 12.8 Å². The summed E-state index contributed by atoms with van der Waals surface area (Å²) in [6, 6.07) is 7.73. The maximum Gasteiger partial charge on any atom is 0.238 e. The van der Waals surface area contributed by atoms with Gasteiger partial charge in [0.2, 0.25) is 5.91 Å². The first kappa shape index (κ1) is 14.0. The summed E-state index contributed by atoms with van der Waals surface area (Å²) in [6.07, 6.45) is 0. The molecule has 2 N–H and O–H groups in total. The zero-order valence-electron chi connectivity index (χ0n) is 11.8. The molecule has 0 atom stereocenters. The highest BCUT2D eigenvalue weighted by Crippen LogP contribution is 2.28. The number of carbonyl (C=O) groups is 1. The van der Waals surface area contributed by atoms with Crippen molar-refractivity contribution >= 4 is 11.6 Å². The van der Waals surface area contributed by atoms with Crippen molar-refractivity contribution in [3.63, 3.8) is 0 Å². The van der Waals surface area contributed by atoms with Crippen LogP contribution in [0.3, 0.4) is 0 Å². The minimum atomic E-state index is -0.621. The standard InChI is InChI=1S/C15H22N2O2/c1-11(2)15(19)9-17(10-15)8-14(18)16-13-6-4-12(3)5-7-13/h4-7,11,19H,8-10H2,1-3H3,(H,16,18). The van der Waals surface area contributed by atoms with E-state index in [1.54, 1.807) is 0 Å². The highest BCUT2D eigenvalue weighted by Gasteiger charge is 2.43. The monoisotopic (exact) mass is 262 g/mol. The van der Waals surface area contributed by atoms with Gasteiger partial charge in [0.25, 0.3) is 0 Å². The number of amides is 1. The summed E-state index contributed by atoms with van der Waals surface area (Å²) in [5.41, 5.74) is 1.36.